The monoisotopic (exact) mass is 342 g/mol. The zero-order chi connectivity index (χ0) is 17.9. The molecule has 4 heteroatoms. The van der Waals surface area contributed by atoms with Gasteiger partial charge in [0.15, 0.2) is 0 Å². The Bertz CT molecular complexity index is 1020. The fourth-order valence-corrected chi connectivity index (χ4v) is 3.32. The maximum atomic E-state index is 6.00. The SMILES string of the molecule is CN(Cc1ccccc1)Cc1c(-c2cccc(N)c2)nc2ccccn12. The van der Waals surface area contributed by atoms with E-state index in [0.29, 0.717) is 0 Å². The Labute approximate surface area is 153 Å². The van der Waals surface area contributed by atoms with Gasteiger partial charge in [-0.15, -0.1) is 0 Å². The molecule has 2 aromatic carbocycles. The number of hydrogen-bond acceptors (Lipinski definition) is 3. The van der Waals surface area contributed by atoms with E-state index in [-0.39, 0.29) is 0 Å². The lowest BCUT2D eigenvalue weighted by molar-refractivity contribution is 0.314. The molecule has 0 radical (unpaired) electrons. The van der Waals surface area contributed by atoms with Gasteiger partial charge in [0.1, 0.15) is 5.65 Å². The van der Waals surface area contributed by atoms with E-state index in [1.165, 1.54) is 11.3 Å². The quantitative estimate of drug-likeness (QED) is 0.553. The van der Waals surface area contributed by atoms with Crippen molar-refractivity contribution < 1.29 is 0 Å². The van der Waals surface area contributed by atoms with Crippen LogP contribution in [-0.4, -0.2) is 21.3 Å². The van der Waals surface area contributed by atoms with Gasteiger partial charge in [-0.3, -0.25) is 4.90 Å². The molecular formula is C22H22N4. The second-order valence-corrected chi connectivity index (χ2v) is 6.62. The summed E-state index contributed by atoms with van der Waals surface area (Å²) in [7, 11) is 2.14. The van der Waals surface area contributed by atoms with Crippen LogP contribution in [0.5, 0.6) is 0 Å². The van der Waals surface area contributed by atoms with E-state index in [4.69, 9.17) is 10.7 Å². The number of pyridine rings is 1. The summed E-state index contributed by atoms with van der Waals surface area (Å²) in [6.07, 6.45) is 2.07. The second-order valence-electron chi connectivity index (χ2n) is 6.62. The van der Waals surface area contributed by atoms with E-state index in [0.717, 1.165) is 35.7 Å². The normalized spacial score (nSPS) is 11.3. The van der Waals surface area contributed by atoms with E-state index in [9.17, 15) is 0 Å². The van der Waals surface area contributed by atoms with Crippen molar-refractivity contribution in [1.29, 1.82) is 0 Å². The van der Waals surface area contributed by atoms with Crippen molar-refractivity contribution in [3.05, 3.63) is 90.3 Å². The molecule has 130 valence electrons. The average Bonchev–Trinajstić information content (AvgIpc) is 3.01. The molecule has 0 aliphatic carbocycles. The number of aromatic nitrogens is 2. The van der Waals surface area contributed by atoms with Gasteiger partial charge in [0, 0.05) is 30.5 Å². The minimum atomic E-state index is 0.753. The summed E-state index contributed by atoms with van der Waals surface area (Å²) in [5, 5.41) is 0. The Kier molecular flexibility index (Phi) is 4.42. The molecule has 0 saturated carbocycles. The van der Waals surface area contributed by atoms with Crippen LogP contribution >= 0.6 is 0 Å². The van der Waals surface area contributed by atoms with Gasteiger partial charge >= 0.3 is 0 Å². The van der Waals surface area contributed by atoms with Gasteiger partial charge in [0.2, 0.25) is 0 Å². The fourth-order valence-electron chi connectivity index (χ4n) is 3.32. The van der Waals surface area contributed by atoms with Gasteiger partial charge in [0.05, 0.1) is 11.4 Å². The minimum absolute atomic E-state index is 0.753. The number of benzene rings is 2. The molecule has 0 amide bonds. The van der Waals surface area contributed by atoms with Crippen molar-refractivity contribution in [2.75, 3.05) is 12.8 Å². The predicted octanol–water partition coefficient (Wildman–Crippen LogP) is 4.22. The van der Waals surface area contributed by atoms with Gasteiger partial charge in [-0.25, -0.2) is 4.98 Å². The van der Waals surface area contributed by atoms with Gasteiger partial charge in [-0.05, 0) is 36.9 Å². The third-order valence-corrected chi connectivity index (χ3v) is 4.50. The largest absolute Gasteiger partial charge is 0.399 e. The van der Waals surface area contributed by atoms with Crippen LogP contribution in [0.25, 0.3) is 16.9 Å². The van der Waals surface area contributed by atoms with Crippen LogP contribution in [0, 0.1) is 0 Å². The maximum Gasteiger partial charge on any atom is 0.137 e. The molecule has 0 aliphatic rings. The number of fused-ring (bicyclic) bond motifs is 1. The highest BCUT2D eigenvalue weighted by Gasteiger charge is 2.15. The predicted molar refractivity (Wildman–Crippen MR) is 107 cm³/mol. The summed E-state index contributed by atoms with van der Waals surface area (Å²) in [5.41, 5.74) is 12.2. The van der Waals surface area contributed by atoms with E-state index < -0.39 is 0 Å². The van der Waals surface area contributed by atoms with Crippen molar-refractivity contribution in [2.24, 2.45) is 0 Å². The van der Waals surface area contributed by atoms with E-state index in [1.807, 2.05) is 42.5 Å². The zero-order valence-electron chi connectivity index (χ0n) is 14.8. The number of nitrogen functional groups attached to an aromatic ring is 1. The number of nitrogens with two attached hydrogens (primary N) is 1. The molecule has 0 atom stereocenters. The first-order valence-electron chi connectivity index (χ1n) is 8.75. The average molecular weight is 342 g/mol. The highest BCUT2D eigenvalue weighted by atomic mass is 15.1. The van der Waals surface area contributed by atoms with Crippen LogP contribution in [0.1, 0.15) is 11.3 Å². The molecule has 4 rings (SSSR count). The first-order valence-corrected chi connectivity index (χ1v) is 8.75. The van der Waals surface area contributed by atoms with Gasteiger partial charge in [-0.2, -0.15) is 0 Å². The summed E-state index contributed by atoms with van der Waals surface area (Å²) in [6, 6.07) is 24.6. The molecule has 0 saturated heterocycles. The first-order chi connectivity index (χ1) is 12.7. The molecule has 0 unspecified atom stereocenters. The third kappa shape index (κ3) is 3.32. The molecular weight excluding hydrogens is 320 g/mol. The van der Waals surface area contributed by atoms with Crippen molar-refractivity contribution in [3.8, 4) is 11.3 Å². The Balaban J connectivity index is 1.72. The maximum absolute atomic E-state index is 6.00. The van der Waals surface area contributed by atoms with Crippen LogP contribution in [-0.2, 0) is 13.1 Å². The molecule has 0 fully saturated rings. The van der Waals surface area contributed by atoms with Crippen molar-refractivity contribution in [3.63, 3.8) is 0 Å². The summed E-state index contributed by atoms with van der Waals surface area (Å²) in [4.78, 5) is 7.17. The van der Waals surface area contributed by atoms with Crippen molar-refractivity contribution in [1.82, 2.24) is 14.3 Å². The smallest absolute Gasteiger partial charge is 0.137 e. The van der Waals surface area contributed by atoms with Gasteiger partial charge < -0.3 is 10.1 Å². The first kappa shape index (κ1) is 16.4. The van der Waals surface area contributed by atoms with Crippen molar-refractivity contribution in [2.45, 2.75) is 13.1 Å². The lowest BCUT2D eigenvalue weighted by Gasteiger charge is -2.17. The van der Waals surface area contributed by atoms with Crippen LogP contribution in [0.2, 0.25) is 0 Å². The molecule has 2 aromatic heterocycles. The minimum Gasteiger partial charge on any atom is -0.399 e. The molecule has 26 heavy (non-hydrogen) atoms. The molecule has 2 heterocycles. The van der Waals surface area contributed by atoms with Gasteiger partial charge in [0.25, 0.3) is 0 Å². The Morgan fingerprint density at radius 3 is 2.54 bits per heavy atom. The number of nitrogens with zero attached hydrogens (tertiary/aromatic N) is 3. The molecule has 0 aliphatic heterocycles. The zero-order valence-corrected chi connectivity index (χ0v) is 14.8. The molecule has 2 N–H and O–H groups in total. The Morgan fingerprint density at radius 1 is 0.923 bits per heavy atom. The highest BCUT2D eigenvalue weighted by Crippen LogP contribution is 2.27. The van der Waals surface area contributed by atoms with E-state index in [2.05, 4.69) is 52.9 Å². The van der Waals surface area contributed by atoms with E-state index >= 15 is 0 Å². The van der Waals surface area contributed by atoms with Gasteiger partial charge in [-0.1, -0.05) is 48.5 Å². The molecule has 0 bridgehead atoms. The number of rotatable bonds is 5. The summed E-state index contributed by atoms with van der Waals surface area (Å²) in [6.45, 7) is 1.68. The second kappa shape index (κ2) is 7.02. The number of hydrogen-bond donors (Lipinski definition) is 1. The molecule has 0 spiro atoms. The van der Waals surface area contributed by atoms with E-state index in [1.54, 1.807) is 0 Å². The molecule has 4 nitrogen and oxygen atoms in total. The summed E-state index contributed by atoms with van der Waals surface area (Å²) < 4.78 is 2.17. The van der Waals surface area contributed by atoms with Crippen LogP contribution in [0.4, 0.5) is 5.69 Å². The standard InChI is InChI=1S/C22H22N4/c1-25(15-17-8-3-2-4-9-17)16-20-22(18-10-7-11-19(23)14-18)24-21-12-5-6-13-26(20)21/h2-14H,15-16,23H2,1H3. The number of imidazole rings is 1. The fraction of sp³-hybridized carbons (Fsp3) is 0.136. The van der Waals surface area contributed by atoms with Crippen LogP contribution < -0.4 is 5.73 Å². The Morgan fingerprint density at radius 2 is 1.73 bits per heavy atom. The van der Waals surface area contributed by atoms with Crippen LogP contribution in [0.15, 0.2) is 79.0 Å². The van der Waals surface area contributed by atoms with Crippen LogP contribution in [0.3, 0.4) is 0 Å². The highest BCUT2D eigenvalue weighted by molar-refractivity contribution is 5.69. The Hall–Kier alpha value is -3.11. The topological polar surface area (TPSA) is 46.6 Å². The number of anilines is 1. The van der Waals surface area contributed by atoms with Crippen molar-refractivity contribution >= 4 is 11.3 Å². The molecule has 4 aromatic rings. The summed E-state index contributed by atoms with van der Waals surface area (Å²) in [5.74, 6) is 0. The third-order valence-electron chi connectivity index (χ3n) is 4.50. The lowest BCUT2D eigenvalue weighted by Crippen LogP contribution is -2.18. The lowest BCUT2D eigenvalue weighted by atomic mass is 10.1. The summed E-state index contributed by atoms with van der Waals surface area (Å²) >= 11 is 0.